The van der Waals surface area contributed by atoms with Crippen LogP contribution in [0.4, 0.5) is 79.0 Å². The largest absolute Gasteiger partial charge is 0.467 e. The summed E-state index contributed by atoms with van der Waals surface area (Å²) < 4.78 is 224. The van der Waals surface area contributed by atoms with E-state index in [9.17, 15) is 79.0 Å². The number of nitrogens with zero attached hydrogens (tertiary/aromatic N) is 3. The molecule has 0 fully saturated rings. The third-order valence-corrected chi connectivity index (χ3v) is 6.52. The van der Waals surface area contributed by atoms with E-state index in [1.54, 1.807) is 0 Å². The van der Waals surface area contributed by atoms with Crippen molar-refractivity contribution in [3.8, 4) is 0 Å². The van der Waals surface area contributed by atoms with Gasteiger partial charge in [-0.25, -0.2) is 0 Å². The molecule has 0 rings (SSSR count). The van der Waals surface area contributed by atoms with E-state index in [-0.39, 0.29) is 0 Å². The van der Waals surface area contributed by atoms with Crippen molar-refractivity contribution in [2.24, 2.45) is 0 Å². The topological polar surface area (TPSA) is 9.72 Å². The third-order valence-electron chi connectivity index (χ3n) is 1.73. The first-order valence-electron chi connectivity index (χ1n) is 6.50. The number of halogens is 18. The zero-order valence-corrected chi connectivity index (χ0v) is 19.1. The number of alkyl halides is 18. The fourth-order valence-corrected chi connectivity index (χ4v) is 6.79. The highest BCUT2D eigenvalue weighted by Crippen LogP contribution is 2.55. The summed E-state index contributed by atoms with van der Waals surface area (Å²) in [6, 6.07) is 0. The lowest BCUT2D eigenvalue weighted by Crippen LogP contribution is -2.53. The molecular formula is C6BF18N3S6. The molecule has 0 saturated carbocycles. The van der Waals surface area contributed by atoms with Crippen molar-refractivity contribution in [1.82, 2.24) is 10.9 Å². The van der Waals surface area contributed by atoms with Crippen LogP contribution in [0.3, 0.4) is 0 Å². The van der Waals surface area contributed by atoms with Gasteiger partial charge in [-0.3, -0.25) is 0 Å². The van der Waals surface area contributed by atoms with Gasteiger partial charge in [0.25, 0.3) is 0 Å². The van der Waals surface area contributed by atoms with Gasteiger partial charge >= 0.3 is 40.2 Å². The maximum absolute atomic E-state index is 12.7. The molecule has 0 aliphatic heterocycles. The van der Waals surface area contributed by atoms with Crippen molar-refractivity contribution < 1.29 is 79.0 Å². The van der Waals surface area contributed by atoms with Gasteiger partial charge in [0.15, 0.2) is 0 Å². The molecule has 0 unspecified atom stereocenters. The summed E-state index contributed by atoms with van der Waals surface area (Å²) in [6.45, 7) is 0. The molecule has 0 bridgehead atoms. The molecule has 0 N–H and O–H groups in total. The fraction of sp³-hybridized carbons (Fsp3) is 1.00. The SMILES string of the molecule is FC(F)(F)SN(SC(F)(F)F)B(N(SC(F)(F)F)SC(F)(F)F)N(SC(F)(F)F)SC(F)(F)F. The number of rotatable bonds is 9. The van der Waals surface area contributed by atoms with Crippen LogP contribution in [0, 0.1) is 0 Å². The van der Waals surface area contributed by atoms with E-state index in [0.29, 0.717) is 0 Å². The first kappa shape index (κ1) is 34.8. The predicted molar refractivity (Wildman–Crippen MR) is 93.1 cm³/mol. The monoisotopic (exact) mass is 659 g/mol. The van der Waals surface area contributed by atoms with Gasteiger partial charge in [-0.05, 0) is 0 Å². The molecule has 0 atom stereocenters. The molecule has 0 spiro atoms. The molecule has 0 amide bonds. The van der Waals surface area contributed by atoms with Crippen molar-refractivity contribution in [2.75, 3.05) is 0 Å². The Morgan fingerprint density at radius 1 is 0.294 bits per heavy atom. The summed E-state index contributed by atoms with van der Waals surface area (Å²) in [7, 11) is -4.27. The quantitative estimate of drug-likeness (QED) is 0.135. The second-order valence-corrected chi connectivity index (χ2v) is 11.4. The Labute approximate surface area is 201 Å². The Bertz CT molecular complexity index is 493. The van der Waals surface area contributed by atoms with E-state index in [4.69, 9.17) is 0 Å². The molecule has 28 heteroatoms. The Hall–Kier alpha value is 0.785. The van der Waals surface area contributed by atoms with Crippen molar-refractivity contribution >= 4 is 78.8 Å². The van der Waals surface area contributed by atoms with E-state index in [2.05, 4.69) is 0 Å². The summed E-state index contributed by atoms with van der Waals surface area (Å²) in [4.78, 5) is 0. The summed E-state index contributed by atoms with van der Waals surface area (Å²) in [5, 5.41) is 0. The molecular weight excluding hydrogens is 659 g/mol. The van der Waals surface area contributed by atoms with Crippen LogP contribution in [0.25, 0.3) is 0 Å². The van der Waals surface area contributed by atoms with Crippen molar-refractivity contribution in [3.05, 3.63) is 0 Å². The zero-order valence-electron chi connectivity index (χ0n) is 14.2. The van der Waals surface area contributed by atoms with Crippen molar-refractivity contribution in [2.45, 2.75) is 33.0 Å². The van der Waals surface area contributed by atoms with E-state index < -0.39 is 123 Å². The third kappa shape index (κ3) is 18.1. The molecule has 34 heavy (non-hydrogen) atoms. The van der Waals surface area contributed by atoms with Crippen LogP contribution >= 0.6 is 71.7 Å². The van der Waals surface area contributed by atoms with E-state index in [1.165, 1.54) is 0 Å². The van der Waals surface area contributed by atoms with E-state index in [1.807, 2.05) is 0 Å². The maximum atomic E-state index is 12.7. The smallest absolute Gasteiger partial charge is 0.184 e. The van der Waals surface area contributed by atoms with Gasteiger partial charge in [-0.15, -0.1) is 0 Å². The van der Waals surface area contributed by atoms with Crippen molar-refractivity contribution in [1.29, 1.82) is 0 Å². The summed E-state index contributed by atoms with van der Waals surface area (Å²) in [6.07, 6.45) is 0. The number of hydrogen-bond donors (Lipinski definition) is 0. The van der Waals surface area contributed by atoms with Gasteiger partial charge in [0, 0.05) is 71.7 Å². The molecule has 0 aromatic rings. The summed E-state index contributed by atoms with van der Waals surface area (Å²) in [5.41, 5.74) is -36.2. The molecule has 0 heterocycles. The minimum absolute atomic E-state index is 1.67. The van der Waals surface area contributed by atoms with Gasteiger partial charge in [0.2, 0.25) is 0 Å². The fourth-order valence-electron chi connectivity index (χ4n) is 1.18. The van der Waals surface area contributed by atoms with Crippen LogP contribution in [0.15, 0.2) is 0 Å². The highest BCUT2D eigenvalue weighted by atomic mass is 32.2. The standard InChI is InChI=1S/C6BF18N3S6/c8-1(9,10)29-26(30-2(11,12)13)7(27(31-3(14,15)16)32-4(17,18)19)28(33-5(20,21)22)34-6(23,24)25. The van der Waals surface area contributed by atoms with Gasteiger partial charge in [-0.2, -0.15) is 89.9 Å². The predicted octanol–water partition coefficient (Wildman–Crippen LogP) is 8.89. The molecule has 3 nitrogen and oxygen atoms in total. The maximum Gasteiger partial charge on any atom is 0.467 e. The molecule has 0 saturated heterocycles. The highest BCUT2D eigenvalue weighted by Gasteiger charge is 2.58. The van der Waals surface area contributed by atoms with Gasteiger partial charge < -0.3 is 0 Å². The highest BCUT2D eigenvalue weighted by molar-refractivity contribution is 8.19. The molecule has 0 aliphatic rings. The average Bonchev–Trinajstić information content (AvgIpc) is 2.35. The van der Waals surface area contributed by atoms with Gasteiger partial charge in [0.1, 0.15) is 0 Å². The molecule has 204 valence electrons. The average molecular weight is 659 g/mol. The second kappa shape index (κ2) is 12.1. The first-order chi connectivity index (χ1) is 14.6. The molecule has 0 aromatic carbocycles. The van der Waals surface area contributed by atoms with Crippen LogP contribution in [-0.4, -0.2) is 51.0 Å². The molecule has 0 radical (unpaired) electrons. The van der Waals surface area contributed by atoms with Gasteiger partial charge in [-0.1, -0.05) is 0 Å². The molecule has 0 aromatic heterocycles. The Kier molecular flexibility index (Phi) is 12.4. The van der Waals surface area contributed by atoms with E-state index >= 15 is 0 Å². The lowest BCUT2D eigenvalue weighted by atomic mass is 10.0. The van der Waals surface area contributed by atoms with E-state index in [0.717, 1.165) is 0 Å². The number of hydrogen-bond acceptors (Lipinski definition) is 9. The summed E-state index contributed by atoms with van der Waals surface area (Å²) in [5.74, 6) is 0. The zero-order chi connectivity index (χ0) is 27.6. The second-order valence-electron chi connectivity index (χ2n) is 4.42. The normalized spacial score (nSPS) is 15.1. The van der Waals surface area contributed by atoms with Crippen LogP contribution < -0.4 is 0 Å². The Balaban J connectivity index is 6.98. The minimum atomic E-state index is -6.04. The summed E-state index contributed by atoms with van der Waals surface area (Å²) >= 11 is -13.4. The molecule has 0 aliphatic carbocycles. The lowest BCUT2D eigenvalue weighted by molar-refractivity contribution is -0.0377. The Morgan fingerprint density at radius 2 is 0.412 bits per heavy atom. The lowest BCUT2D eigenvalue weighted by Gasteiger charge is -2.38. The van der Waals surface area contributed by atoms with Gasteiger partial charge in [0.05, 0.1) is 0 Å². The van der Waals surface area contributed by atoms with Crippen LogP contribution in [-0.2, 0) is 0 Å². The minimum Gasteiger partial charge on any atom is -0.184 e. The van der Waals surface area contributed by atoms with Crippen LogP contribution in [0.2, 0.25) is 0 Å². The van der Waals surface area contributed by atoms with Crippen LogP contribution in [0.1, 0.15) is 0 Å². The Morgan fingerprint density at radius 3 is 0.500 bits per heavy atom. The van der Waals surface area contributed by atoms with Crippen molar-refractivity contribution in [3.63, 3.8) is 0 Å². The van der Waals surface area contributed by atoms with Crippen LogP contribution in [0.5, 0.6) is 0 Å². The first-order valence-corrected chi connectivity index (χ1v) is 11.1.